The van der Waals surface area contributed by atoms with E-state index in [4.69, 9.17) is 9.47 Å². The number of carbonyl (C=O) groups is 1. The first-order valence-corrected chi connectivity index (χ1v) is 6.83. The SMILES string of the molecule is CCCCOc1cc(CN2C=NC(=O)C2)ccc1OC. The molecule has 0 aromatic heterocycles. The van der Waals surface area contributed by atoms with E-state index < -0.39 is 0 Å². The van der Waals surface area contributed by atoms with Crippen molar-refractivity contribution in [2.24, 2.45) is 4.99 Å². The number of rotatable bonds is 7. The minimum atomic E-state index is -0.0991. The van der Waals surface area contributed by atoms with Gasteiger partial charge in [-0.25, -0.2) is 4.99 Å². The monoisotopic (exact) mass is 276 g/mol. The molecule has 5 heteroatoms. The molecular formula is C15H20N2O3. The molecular weight excluding hydrogens is 256 g/mol. The summed E-state index contributed by atoms with van der Waals surface area (Å²) in [6, 6.07) is 5.83. The molecule has 0 radical (unpaired) electrons. The van der Waals surface area contributed by atoms with E-state index in [0.29, 0.717) is 19.7 Å². The lowest BCUT2D eigenvalue weighted by Crippen LogP contribution is -2.20. The van der Waals surface area contributed by atoms with Gasteiger partial charge in [0.1, 0.15) is 6.54 Å². The van der Waals surface area contributed by atoms with Gasteiger partial charge in [-0.3, -0.25) is 4.79 Å². The normalized spacial score (nSPS) is 13.9. The van der Waals surface area contributed by atoms with Crippen LogP contribution in [-0.4, -0.2) is 37.4 Å². The molecule has 0 N–H and O–H groups in total. The van der Waals surface area contributed by atoms with Gasteiger partial charge >= 0.3 is 0 Å². The highest BCUT2D eigenvalue weighted by Crippen LogP contribution is 2.28. The van der Waals surface area contributed by atoms with Gasteiger partial charge in [0.05, 0.1) is 20.1 Å². The third-order valence-electron chi connectivity index (χ3n) is 3.07. The highest BCUT2D eigenvalue weighted by atomic mass is 16.5. The Bertz CT molecular complexity index is 500. The molecule has 0 bridgehead atoms. The van der Waals surface area contributed by atoms with E-state index in [1.54, 1.807) is 13.4 Å². The molecule has 0 saturated heterocycles. The van der Waals surface area contributed by atoms with Crippen LogP contribution in [0.1, 0.15) is 25.3 Å². The maximum absolute atomic E-state index is 11.1. The fraction of sp³-hybridized carbons (Fsp3) is 0.467. The summed E-state index contributed by atoms with van der Waals surface area (Å²) in [5.74, 6) is 1.38. The third-order valence-corrected chi connectivity index (χ3v) is 3.07. The molecule has 0 unspecified atom stereocenters. The first-order chi connectivity index (χ1) is 9.72. The van der Waals surface area contributed by atoms with Crippen molar-refractivity contribution in [2.75, 3.05) is 20.3 Å². The second-order valence-electron chi connectivity index (χ2n) is 4.73. The first-order valence-electron chi connectivity index (χ1n) is 6.83. The van der Waals surface area contributed by atoms with Gasteiger partial charge in [0.15, 0.2) is 11.5 Å². The van der Waals surface area contributed by atoms with E-state index in [0.717, 1.165) is 29.9 Å². The molecule has 1 amide bonds. The summed E-state index contributed by atoms with van der Waals surface area (Å²) >= 11 is 0. The zero-order valence-corrected chi connectivity index (χ0v) is 12.0. The van der Waals surface area contributed by atoms with Crippen LogP contribution in [0, 0.1) is 0 Å². The molecule has 1 aliphatic heterocycles. The second-order valence-corrected chi connectivity index (χ2v) is 4.73. The minimum absolute atomic E-state index is 0.0991. The summed E-state index contributed by atoms with van der Waals surface area (Å²) in [6.07, 6.45) is 3.69. The fourth-order valence-corrected chi connectivity index (χ4v) is 1.99. The predicted octanol–water partition coefficient (Wildman–Crippen LogP) is 2.24. The van der Waals surface area contributed by atoms with E-state index in [2.05, 4.69) is 11.9 Å². The van der Waals surface area contributed by atoms with Gasteiger partial charge in [-0.2, -0.15) is 0 Å². The third kappa shape index (κ3) is 3.73. The fourth-order valence-electron chi connectivity index (χ4n) is 1.99. The van der Waals surface area contributed by atoms with E-state index in [9.17, 15) is 4.79 Å². The summed E-state index contributed by atoms with van der Waals surface area (Å²) in [6.45, 7) is 3.79. The number of carbonyl (C=O) groups excluding carboxylic acids is 1. The molecule has 0 spiro atoms. The standard InChI is InChI=1S/C15H20N2O3/c1-3-4-7-20-14-8-12(5-6-13(14)19-2)9-17-10-15(18)16-11-17/h5-6,8,11H,3-4,7,9-10H2,1-2H3. The van der Waals surface area contributed by atoms with Gasteiger partial charge in [0.25, 0.3) is 5.91 Å². The number of amides is 1. The summed E-state index contributed by atoms with van der Waals surface area (Å²) in [4.78, 5) is 16.7. The summed E-state index contributed by atoms with van der Waals surface area (Å²) in [7, 11) is 1.63. The number of hydrogen-bond acceptors (Lipinski definition) is 4. The second kappa shape index (κ2) is 6.93. The van der Waals surface area contributed by atoms with Crippen LogP contribution < -0.4 is 9.47 Å². The molecule has 0 atom stereocenters. The molecule has 1 aliphatic rings. The van der Waals surface area contributed by atoms with Crippen LogP contribution in [0.3, 0.4) is 0 Å². The van der Waals surface area contributed by atoms with Crippen molar-refractivity contribution >= 4 is 12.2 Å². The average molecular weight is 276 g/mol. The van der Waals surface area contributed by atoms with Crippen molar-refractivity contribution in [1.29, 1.82) is 0 Å². The Morgan fingerprint density at radius 1 is 1.35 bits per heavy atom. The van der Waals surface area contributed by atoms with Crippen LogP contribution in [0.15, 0.2) is 23.2 Å². The smallest absolute Gasteiger partial charge is 0.266 e. The van der Waals surface area contributed by atoms with Gasteiger partial charge in [-0.15, -0.1) is 0 Å². The summed E-state index contributed by atoms with van der Waals surface area (Å²) in [5, 5.41) is 0. The summed E-state index contributed by atoms with van der Waals surface area (Å²) < 4.78 is 11.0. The van der Waals surface area contributed by atoms with Crippen LogP contribution in [0.2, 0.25) is 0 Å². The molecule has 1 heterocycles. The Labute approximate surface area is 119 Å². The van der Waals surface area contributed by atoms with E-state index in [1.807, 2.05) is 23.1 Å². The van der Waals surface area contributed by atoms with Crippen molar-refractivity contribution in [2.45, 2.75) is 26.3 Å². The van der Waals surface area contributed by atoms with E-state index in [1.165, 1.54) is 0 Å². The highest BCUT2D eigenvalue weighted by molar-refractivity contribution is 5.91. The lowest BCUT2D eigenvalue weighted by Gasteiger charge is -2.15. The molecule has 0 saturated carbocycles. The van der Waals surface area contributed by atoms with Gasteiger partial charge in [0.2, 0.25) is 0 Å². The molecule has 0 aliphatic carbocycles. The van der Waals surface area contributed by atoms with Crippen molar-refractivity contribution < 1.29 is 14.3 Å². The van der Waals surface area contributed by atoms with Gasteiger partial charge in [0, 0.05) is 6.54 Å². The number of hydrogen-bond donors (Lipinski definition) is 0. The molecule has 5 nitrogen and oxygen atoms in total. The number of benzene rings is 1. The molecule has 108 valence electrons. The van der Waals surface area contributed by atoms with Crippen molar-refractivity contribution in [3.05, 3.63) is 23.8 Å². The van der Waals surface area contributed by atoms with Crippen LogP contribution in [0.25, 0.3) is 0 Å². The first kappa shape index (κ1) is 14.4. The lowest BCUT2D eigenvalue weighted by atomic mass is 10.2. The lowest BCUT2D eigenvalue weighted by molar-refractivity contribution is -0.117. The molecule has 1 aromatic rings. The Morgan fingerprint density at radius 3 is 2.85 bits per heavy atom. The Kier molecular flexibility index (Phi) is 4.98. The van der Waals surface area contributed by atoms with Gasteiger partial charge < -0.3 is 14.4 Å². The van der Waals surface area contributed by atoms with Crippen molar-refractivity contribution in [3.63, 3.8) is 0 Å². The van der Waals surface area contributed by atoms with Gasteiger partial charge in [-0.1, -0.05) is 19.4 Å². The zero-order chi connectivity index (χ0) is 14.4. The number of unbranched alkanes of at least 4 members (excludes halogenated alkanes) is 1. The maximum atomic E-state index is 11.1. The quantitative estimate of drug-likeness (QED) is 0.717. The number of aliphatic imine (C=N–C) groups is 1. The summed E-state index contributed by atoms with van der Waals surface area (Å²) in [5.41, 5.74) is 1.07. The van der Waals surface area contributed by atoms with Crippen LogP contribution in [-0.2, 0) is 11.3 Å². The van der Waals surface area contributed by atoms with Gasteiger partial charge in [-0.05, 0) is 24.1 Å². The van der Waals surface area contributed by atoms with Crippen LogP contribution in [0.5, 0.6) is 11.5 Å². The van der Waals surface area contributed by atoms with Crippen molar-refractivity contribution in [3.8, 4) is 11.5 Å². The number of methoxy groups -OCH3 is 1. The molecule has 1 aromatic carbocycles. The average Bonchev–Trinajstić information content (AvgIpc) is 2.85. The highest BCUT2D eigenvalue weighted by Gasteiger charge is 2.14. The topological polar surface area (TPSA) is 51.1 Å². The van der Waals surface area contributed by atoms with Crippen LogP contribution in [0.4, 0.5) is 0 Å². The van der Waals surface area contributed by atoms with Crippen molar-refractivity contribution in [1.82, 2.24) is 4.90 Å². The maximum Gasteiger partial charge on any atom is 0.266 e. The largest absolute Gasteiger partial charge is 0.493 e. The van der Waals surface area contributed by atoms with Crippen LogP contribution >= 0.6 is 0 Å². The molecule has 2 rings (SSSR count). The number of ether oxygens (including phenoxy) is 2. The minimum Gasteiger partial charge on any atom is -0.493 e. The van der Waals surface area contributed by atoms with E-state index >= 15 is 0 Å². The Hall–Kier alpha value is -2.04. The molecule has 20 heavy (non-hydrogen) atoms. The zero-order valence-electron chi connectivity index (χ0n) is 12.0. The van der Waals surface area contributed by atoms with E-state index in [-0.39, 0.29) is 5.91 Å². The number of nitrogens with zero attached hydrogens (tertiary/aromatic N) is 2. The Balaban J connectivity index is 2.04. The Morgan fingerprint density at radius 2 is 2.20 bits per heavy atom. The predicted molar refractivity (Wildman–Crippen MR) is 77.3 cm³/mol. The molecule has 0 fully saturated rings.